The highest BCUT2D eigenvalue weighted by Gasteiger charge is 2.50. The molecule has 0 fully saturated rings. The molecule has 0 amide bonds. The SMILES string of the molecule is C=CCN(CC=C)[P+](c1ccccc1)(c1ccccc1)c1ccccc1. The van der Waals surface area contributed by atoms with Gasteiger partial charge in [-0.2, -0.15) is 4.67 Å². The zero-order valence-corrected chi connectivity index (χ0v) is 15.9. The number of hydrogen-bond donors (Lipinski definition) is 0. The van der Waals surface area contributed by atoms with Crippen LogP contribution in [0, 0.1) is 0 Å². The summed E-state index contributed by atoms with van der Waals surface area (Å²) in [6.45, 7) is 9.65. The molecule has 130 valence electrons. The van der Waals surface area contributed by atoms with Gasteiger partial charge < -0.3 is 0 Å². The van der Waals surface area contributed by atoms with Gasteiger partial charge in [0.25, 0.3) is 0 Å². The molecular weight excluding hydrogens is 333 g/mol. The van der Waals surface area contributed by atoms with Crippen LogP contribution in [0.1, 0.15) is 0 Å². The molecule has 0 aliphatic rings. The molecule has 0 aliphatic heterocycles. The molecule has 0 aliphatic carbocycles. The largest absolute Gasteiger partial charge is 0.181 e. The third-order valence-electron chi connectivity index (χ3n) is 4.49. The van der Waals surface area contributed by atoms with Crippen molar-refractivity contribution in [3.63, 3.8) is 0 Å². The van der Waals surface area contributed by atoms with Crippen LogP contribution in [-0.4, -0.2) is 17.8 Å². The molecule has 1 nitrogen and oxygen atoms in total. The second-order valence-electron chi connectivity index (χ2n) is 6.09. The first kappa shape index (κ1) is 18.3. The quantitative estimate of drug-likeness (QED) is 0.421. The van der Waals surface area contributed by atoms with Gasteiger partial charge in [0.2, 0.25) is 0 Å². The maximum atomic E-state index is 4.02. The van der Waals surface area contributed by atoms with Crippen LogP contribution in [0.3, 0.4) is 0 Å². The van der Waals surface area contributed by atoms with Crippen LogP contribution < -0.4 is 15.9 Å². The highest BCUT2D eigenvalue weighted by molar-refractivity contribution is 7.93. The van der Waals surface area contributed by atoms with E-state index >= 15 is 0 Å². The lowest BCUT2D eigenvalue weighted by atomic mass is 10.4. The van der Waals surface area contributed by atoms with Gasteiger partial charge in [0.05, 0.1) is 13.1 Å². The van der Waals surface area contributed by atoms with Crippen molar-refractivity contribution in [3.8, 4) is 0 Å². The van der Waals surface area contributed by atoms with Crippen LogP contribution in [0.15, 0.2) is 116 Å². The van der Waals surface area contributed by atoms with Gasteiger partial charge in [-0.3, -0.25) is 0 Å². The molecule has 0 spiro atoms. The predicted molar refractivity (Wildman–Crippen MR) is 117 cm³/mol. The summed E-state index contributed by atoms with van der Waals surface area (Å²) in [7, 11) is -2.01. The Morgan fingerprint density at radius 1 is 0.577 bits per heavy atom. The van der Waals surface area contributed by atoms with E-state index in [2.05, 4.69) is 109 Å². The third-order valence-corrected chi connectivity index (χ3v) is 8.81. The van der Waals surface area contributed by atoms with E-state index in [1.807, 2.05) is 12.2 Å². The lowest BCUT2D eigenvalue weighted by Gasteiger charge is -2.35. The highest BCUT2D eigenvalue weighted by atomic mass is 31.2. The van der Waals surface area contributed by atoms with Crippen LogP contribution in [0.25, 0.3) is 0 Å². The van der Waals surface area contributed by atoms with Gasteiger partial charge in [0.15, 0.2) is 7.41 Å². The molecule has 26 heavy (non-hydrogen) atoms. The summed E-state index contributed by atoms with van der Waals surface area (Å²) in [5.74, 6) is 0. The number of benzene rings is 3. The second-order valence-corrected chi connectivity index (χ2v) is 9.48. The first-order valence-electron chi connectivity index (χ1n) is 8.87. The summed E-state index contributed by atoms with van der Waals surface area (Å²) in [4.78, 5) is 0. The van der Waals surface area contributed by atoms with Gasteiger partial charge in [-0.1, -0.05) is 66.7 Å². The number of rotatable bonds is 8. The average Bonchev–Trinajstić information content (AvgIpc) is 2.71. The Kier molecular flexibility index (Phi) is 6.17. The molecule has 2 heteroatoms. The van der Waals surface area contributed by atoms with Crippen molar-refractivity contribution in [1.82, 2.24) is 4.67 Å². The summed E-state index contributed by atoms with van der Waals surface area (Å²) < 4.78 is 2.53. The Hall–Kier alpha value is -2.47. The van der Waals surface area contributed by atoms with Gasteiger partial charge in [0, 0.05) is 0 Å². The topological polar surface area (TPSA) is 3.24 Å². The monoisotopic (exact) mass is 358 g/mol. The van der Waals surface area contributed by atoms with Crippen molar-refractivity contribution in [2.45, 2.75) is 0 Å². The first-order valence-corrected chi connectivity index (χ1v) is 10.6. The molecule has 0 radical (unpaired) electrons. The second kappa shape index (κ2) is 8.76. The van der Waals surface area contributed by atoms with Crippen LogP contribution >= 0.6 is 7.41 Å². The summed E-state index contributed by atoms with van der Waals surface area (Å²) in [6, 6.07) is 32.6. The minimum Gasteiger partial charge on any atom is -0.159 e. The molecule has 0 atom stereocenters. The first-order chi connectivity index (χ1) is 12.8. The smallest absolute Gasteiger partial charge is 0.159 e. The van der Waals surface area contributed by atoms with Gasteiger partial charge >= 0.3 is 0 Å². The van der Waals surface area contributed by atoms with Gasteiger partial charge in [0.1, 0.15) is 15.9 Å². The van der Waals surface area contributed by atoms with Crippen LogP contribution in [0.4, 0.5) is 0 Å². The molecule has 3 rings (SSSR count). The highest BCUT2D eigenvalue weighted by Crippen LogP contribution is 2.58. The summed E-state index contributed by atoms with van der Waals surface area (Å²) in [6.07, 6.45) is 3.99. The van der Waals surface area contributed by atoms with E-state index in [9.17, 15) is 0 Å². The third kappa shape index (κ3) is 3.42. The van der Waals surface area contributed by atoms with Crippen molar-refractivity contribution in [2.75, 3.05) is 13.1 Å². The Balaban J connectivity index is 2.38. The fourth-order valence-corrected chi connectivity index (χ4v) is 7.89. The maximum absolute atomic E-state index is 4.02. The molecule has 0 aromatic heterocycles. The molecule has 3 aromatic carbocycles. The molecule has 0 saturated heterocycles. The van der Waals surface area contributed by atoms with Crippen molar-refractivity contribution in [1.29, 1.82) is 0 Å². The fourth-order valence-electron chi connectivity index (χ4n) is 3.49. The Morgan fingerprint density at radius 3 is 1.15 bits per heavy atom. The van der Waals surface area contributed by atoms with Crippen molar-refractivity contribution in [3.05, 3.63) is 116 Å². The van der Waals surface area contributed by atoms with Crippen LogP contribution in [-0.2, 0) is 0 Å². The van der Waals surface area contributed by atoms with Gasteiger partial charge in [-0.05, 0) is 36.4 Å². The van der Waals surface area contributed by atoms with E-state index in [1.165, 1.54) is 15.9 Å². The minimum atomic E-state index is -2.01. The number of hydrogen-bond acceptors (Lipinski definition) is 1. The fraction of sp³-hybridized carbons (Fsp3) is 0.0833. The van der Waals surface area contributed by atoms with Gasteiger partial charge in [-0.25, -0.2) is 0 Å². The van der Waals surface area contributed by atoms with E-state index in [1.54, 1.807) is 0 Å². The molecule has 0 saturated carbocycles. The predicted octanol–water partition coefficient (Wildman–Crippen LogP) is 4.57. The van der Waals surface area contributed by atoms with E-state index < -0.39 is 7.41 Å². The van der Waals surface area contributed by atoms with E-state index in [0.29, 0.717) is 0 Å². The number of nitrogens with zero attached hydrogens (tertiary/aromatic N) is 1. The summed E-state index contributed by atoms with van der Waals surface area (Å²) in [5, 5.41) is 4.04. The van der Waals surface area contributed by atoms with Gasteiger partial charge in [-0.15, -0.1) is 13.2 Å². The standard InChI is InChI=1S/C24H25NP/c1-3-20-25(21-4-2)26(22-14-8-5-9-15-22,23-16-10-6-11-17-23)24-18-12-7-13-19-24/h3-19H,1-2,20-21H2/q+1. The zero-order valence-electron chi connectivity index (χ0n) is 15.0. The minimum absolute atomic E-state index is 0.804. The molecule has 3 aromatic rings. The lowest BCUT2D eigenvalue weighted by Crippen LogP contribution is -2.43. The normalized spacial score (nSPS) is 11.3. The molecule has 0 heterocycles. The van der Waals surface area contributed by atoms with E-state index in [-0.39, 0.29) is 0 Å². The Labute approximate surface area is 157 Å². The van der Waals surface area contributed by atoms with Crippen molar-refractivity contribution in [2.24, 2.45) is 0 Å². The van der Waals surface area contributed by atoms with Crippen LogP contribution in [0.2, 0.25) is 0 Å². The Bertz CT molecular complexity index is 721. The molecular formula is C24H25NP+. The zero-order chi connectivity index (χ0) is 18.2. The summed E-state index contributed by atoms with van der Waals surface area (Å²) in [5.41, 5.74) is 0. The molecule has 0 N–H and O–H groups in total. The molecule has 0 unspecified atom stereocenters. The Morgan fingerprint density at radius 2 is 0.885 bits per heavy atom. The van der Waals surface area contributed by atoms with Crippen molar-refractivity contribution >= 4 is 23.3 Å². The average molecular weight is 358 g/mol. The maximum Gasteiger partial charge on any atom is 0.181 e. The van der Waals surface area contributed by atoms with Crippen LogP contribution in [0.5, 0.6) is 0 Å². The van der Waals surface area contributed by atoms with Crippen molar-refractivity contribution < 1.29 is 0 Å². The summed E-state index contributed by atoms with van der Waals surface area (Å²) >= 11 is 0. The van der Waals surface area contributed by atoms with E-state index in [4.69, 9.17) is 0 Å². The molecule has 0 bridgehead atoms. The lowest BCUT2D eigenvalue weighted by molar-refractivity contribution is 0.561. The van der Waals surface area contributed by atoms with E-state index in [0.717, 1.165) is 13.1 Å².